The Bertz CT molecular complexity index is 765. The molecule has 0 N–H and O–H groups in total. The summed E-state index contributed by atoms with van der Waals surface area (Å²) in [6, 6.07) is 21.3. The highest BCUT2D eigenvalue weighted by Crippen LogP contribution is 2.26. The van der Waals surface area contributed by atoms with Gasteiger partial charge in [0.2, 0.25) is 0 Å². The molecule has 0 unspecified atom stereocenters. The predicted octanol–water partition coefficient (Wildman–Crippen LogP) is 4.29. The Morgan fingerprint density at radius 3 is 1.62 bits per heavy atom. The van der Waals surface area contributed by atoms with Crippen LogP contribution < -0.4 is 0 Å². The molecular weight excluding hydrogens is 296 g/mol. The van der Waals surface area contributed by atoms with Crippen molar-refractivity contribution < 1.29 is 0 Å². The molecule has 4 aromatic heterocycles. The number of hydrogen-bond donors (Lipinski definition) is 0. The molecule has 4 nitrogen and oxygen atoms in total. The predicted molar refractivity (Wildman–Crippen MR) is 94.9 cm³/mol. The van der Waals surface area contributed by atoms with Crippen LogP contribution in [-0.2, 0) is 0 Å². The van der Waals surface area contributed by atoms with Gasteiger partial charge in [-0.1, -0.05) is 18.2 Å². The molecule has 4 heteroatoms. The van der Waals surface area contributed by atoms with E-state index in [0.29, 0.717) is 0 Å². The van der Waals surface area contributed by atoms with E-state index in [0.717, 1.165) is 22.6 Å². The first-order chi connectivity index (χ1) is 11.9. The smallest absolute Gasteiger partial charge is 0.0980 e. The van der Waals surface area contributed by atoms with Crippen molar-refractivity contribution >= 4 is 0 Å². The summed E-state index contributed by atoms with van der Waals surface area (Å²) in [6.07, 6.45) is 8.83. The van der Waals surface area contributed by atoms with Crippen LogP contribution in [0.5, 0.6) is 0 Å². The number of aromatic nitrogens is 4. The molecule has 4 rings (SSSR count). The average Bonchev–Trinajstić information content (AvgIpc) is 2.71. The summed E-state index contributed by atoms with van der Waals surface area (Å²) in [5, 5.41) is 0. The molecule has 0 spiro atoms. The minimum Gasteiger partial charge on any atom is -0.265 e. The fraction of sp³-hybridized carbons (Fsp3) is 0. The van der Waals surface area contributed by atoms with Crippen LogP contribution in [0.2, 0.25) is 0 Å². The third-order valence-corrected chi connectivity index (χ3v) is 3.22. The van der Waals surface area contributed by atoms with Crippen molar-refractivity contribution in [2.24, 2.45) is 0 Å². The van der Waals surface area contributed by atoms with E-state index in [4.69, 9.17) is 0 Å². The van der Waals surface area contributed by atoms with Crippen LogP contribution >= 0.6 is 0 Å². The van der Waals surface area contributed by atoms with Crippen LogP contribution in [0.4, 0.5) is 0 Å². The van der Waals surface area contributed by atoms with Gasteiger partial charge in [0.15, 0.2) is 0 Å². The number of pyridine rings is 4. The zero-order valence-corrected chi connectivity index (χ0v) is 13.0. The Morgan fingerprint density at radius 1 is 0.458 bits per heavy atom. The van der Waals surface area contributed by atoms with Gasteiger partial charge in [0.1, 0.15) is 0 Å². The first-order valence-corrected chi connectivity index (χ1v) is 7.58. The molecule has 0 bridgehead atoms. The molecule has 0 aliphatic rings. The van der Waals surface area contributed by atoms with Gasteiger partial charge in [0.05, 0.1) is 17.1 Å². The fourth-order valence-electron chi connectivity index (χ4n) is 2.15. The van der Waals surface area contributed by atoms with Crippen LogP contribution in [0, 0.1) is 0 Å². The van der Waals surface area contributed by atoms with E-state index < -0.39 is 0 Å². The van der Waals surface area contributed by atoms with Crippen molar-refractivity contribution in [3.63, 3.8) is 0 Å². The van der Waals surface area contributed by atoms with Crippen molar-refractivity contribution in [3.05, 3.63) is 97.7 Å². The highest BCUT2D eigenvalue weighted by atomic mass is 14.8. The first-order valence-electron chi connectivity index (χ1n) is 7.58. The third-order valence-electron chi connectivity index (χ3n) is 3.22. The largest absolute Gasteiger partial charge is 0.265 e. The maximum atomic E-state index is 4.42. The van der Waals surface area contributed by atoms with Gasteiger partial charge in [-0.25, -0.2) is 0 Å². The molecule has 0 aliphatic heterocycles. The quantitative estimate of drug-likeness (QED) is 0.554. The SMILES string of the molecule is c1ccc(-c2cccnc2-c2ccccn2)nc1.c1ccncc1. The van der Waals surface area contributed by atoms with Gasteiger partial charge in [-0.15, -0.1) is 0 Å². The van der Waals surface area contributed by atoms with Gasteiger partial charge in [-0.3, -0.25) is 19.9 Å². The number of nitrogens with zero attached hydrogens (tertiary/aromatic N) is 4. The first kappa shape index (κ1) is 15.5. The van der Waals surface area contributed by atoms with Gasteiger partial charge in [-0.2, -0.15) is 0 Å². The lowest BCUT2D eigenvalue weighted by Crippen LogP contribution is -1.92. The standard InChI is InChI=1S/C15H11N3.C5H5N/c1-3-9-16-13(7-1)12-6-5-11-18-15(12)14-8-2-4-10-17-14;1-2-4-6-5-3-1/h1-11H;1-5H. The van der Waals surface area contributed by atoms with Crippen LogP contribution in [0.3, 0.4) is 0 Å². The summed E-state index contributed by atoms with van der Waals surface area (Å²) < 4.78 is 0. The molecule has 0 aliphatic carbocycles. The lowest BCUT2D eigenvalue weighted by molar-refractivity contribution is 1.23. The zero-order valence-electron chi connectivity index (χ0n) is 13.0. The van der Waals surface area contributed by atoms with Crippen molar-refractivity contribution in [2.75, 3.05) is 0 Å². The van der Waals surface area contributed by atoms with E-state index in [1.807, 2.05) is 66.7 Å². The van der Waals surface area contributed by atoms with Crippen molar-refractivity contribution in [3.8, 4) is 22.6 Å². The van der Waals surface area contributed by atoms with Crippen LogP contribution in [0.15, 0.2) is 97.7 Å². The molecule has 24 heavy (non-hydrogen) atoms. The zero-order chi connectivity index (χ0) is 16.5. The van der Waals surface area contributed by atoms with Gasteiger partial charge < -0.3 is 0 Å². The second-order valence-electron chi connectivity index (χ2n) is 4.85. The molecule has 0 radical (unpaired) electrons. The molecule has 0 aromatic carbocycles. The van der Waals surface area contributed by atoms with Crippen molar-refractivity contribution in [1.82, 2.24) is 19.9 Å². The summed E-state index contributed by atoms with van der Waals surface area (Å²) in [4.78, 5) is 16.9. The average molecular weight is 312 g/mol. The van der Waals surface area contributed by atoms with Gasteiger partial charge in [0, 0.05) is 36.5 Å². The van der Waals surface area contributed by atoms with E-state index in [9.17, 15) is 0 Å². The Kier molecular flexibility index (Phi) is 5.35. The third kappa shape index (κ3) is 4.08. The minimum absolute atomic E-state index is 0.858. The van der Waals surface area contributed by atoms with E-state index in [1.165, 1.54) is 0 Å². The van der Waals surface area contributed by atoms with Crippen LogP contribution in [-0.4, -0.2) is 19.9 Å². The summed E-state index contributed by atoms with van der Waals surface area (Å²) >= 11 is 0. The lowest BCUT2D eigenvalue weighted by atomic mass is 10.1. The maximum absolute atomic E-state index is 4.42. The Balaban J connectivity index is 0.000000238. The molecule has 0 atom stereocenters. The van der Waals surface area contributed by atoms with Crippen molar-refractivity contribution in [1.29, 1.82) is 0 Å². The lowest BCUT2D eigenvalue weighted by Gasteiger charge is -2.06. The van der Waals surface area contributed by atoms with E-state index in [-0.39, 0.29) is 0 Å². The summed E-state index contributed by atoms with van der Waals surface area (Å²) in [7, 11) is 0. The molecule has 4 aromatic rings. The van der Waals surface area contributed by atoms with Crippen LogP contribution in [0.1, 0.15) is 0 Å². The van der Waals surface area contributed by atoms with E-state index >= 15 is 0 Å². The molecule has 0 fully saturated rings. The second kappa shape index (κ2) is 8.29. The number of rotatable bonds is 2. The van der Waals surface area contributed by atoms with Crippen LogP contribution in [0.25, 0.3) is 22.6 Å². The summed E-state index contributed by atoms with van der Waals surface area (Å²) in [5.41, 5.74) is 3.62. The Morgan fingerprint density at radius 2 is 1.08 bits per heavy atom. The minimum atomic E-state index is 0.858. The van der Waals surface area contributed by atoms with Crippen molar-refractivity contribution in [2.45, 2.75) is 0 Å². The molecular formula is C20H16N4. The molecule has 0 amide bonds. The molecule has 0 saturated carbocycles. The second-order valence-corrected chi connectivity index (χ2v) is 4.85. The molecule has 0 saturated heterocycles. The molecule has 4 heterocycles. The molecule has 116 valence electrons. The topological polar surface area (TPSA) is 51.6 Å². The summed E-state index contributed by atoms with van der Waals surface area (Å²) in [6.45, 7) is 0. The normalized spacial score (nSPS) is 9.67. The maximum Gasteiger partial charge on any atom is 0.0980 e. The fourth-order valence-corrected chi connectivity index (χ4v) is 2.15. The highest BCUT2D eigenvalue weighted by molar-refractivity contribution is 5.76. The summed E-state index contributed by atoms with van der Waals surface area (Å²) in [5.74, 6) is 0. The van der Waals surface area contributed by atoms with E-state index in [1.54, 1.807) is 31.0 Å². The van der Waals surface area contributed by atoms with Gasteiger partial charge in [0.25, 0.3) is 0 Å². The van der Waals surface area contributed by atoms with Gasteiger partial charge >= 0.3 is 0 Å². The highest BCUT2D eigenvalue weighted by Gasteiger charge is 2.09. The Hall–Kier alpha value is -3.40. The van der Waals surface area contributed by atoms with Gasteiger partial charge in [-0.05, 0) is 48.5 Å². The van der Waals surface area contributed by atoms with E-state index in [2.05, 4.69) is 19.9 Å². The Labute approximate surface area is 140 Å². The number of hydrogen-bond acceptors (Lipinski definition) is 4. The monoisotopic (exact) mass is 312 g/mol.